The first kappa shape index (κ1) is 12.7. The van der Waals surface area contributed by atoms with Crippen molar-refractivity contribution in [2.45, 2.75) is 31.3 Å². The molecule has 4 heteroatoms. The summed E-state index contributed by atoms with van der Waals surface area (Å²) in [6.45, 7) is 0.583. The summed E-state index contributed by atoms with van der Waals surface area (Å²) < 4.78 is 6.28. The molecule has 3 nitrogen and oxygen atoms in total. The maximum absolute atomic E-state index is 10.3. The van der Waals surface area contributed by atoms with Crippen LogP contribution in [0.25, 0.3) is 0 Å². The molecule has 0 saturated heterocycles. The molecule has 1 aromatic carbocycles. The highest BCUT2D eigenvalue weighted by molar-refractivity contribution is 9.10. The van der Waals surface area contributed by atoms with Gasteiger partial charge in [0.15, 0.2) is 0 Å². The van der Waals surface area contributed by atoms with E-state index in [0.717, 1.165) is 41.6 Å². The van der Waals surface area contributed by atoms with Crippen LogP contribution in [0.15, 0.2) is 22.7 Å². The molecule has 1 aliphatic rings. The average Bonchev–Trinajstić information content (AvgIpc) is 2.74. The fraction of sp³-hybridized carbons (Fsp3) is 0.538. The van der Waals surface area contributed by atoms with E-state index in [2.05, 4.69) is 21.2 Å². The van der Waals surface area contributed by atoms with Crippen LogP contribution in [0.5, 0.6) is 5.75 Å². The molecule has 0 aliphatic heterocycles. The molecular formula is C13H18BrNO2. The Hall–Kier alpha value is -0.740. The molecule has 0 unspecified atom stereocenters. The van der Waals surface area contributed by atoms with E-state index in [4.69, 9.17) is 4.74 Å². The van der Waals surface area contributed by atoms with E-state index in [9.17, 15) is 5.11 Å². The van der Waals surface area contributed by atoms with Crippen molar-refractivity contribution in [3.8, 4) is 5.75 Å². The number of hydrogen-bond donors (Lipinski definition) is 2. The van der Waals surface area contributed by atoms with Crippen molar-refractivity contribution in [2.24, 2.45) is 0 Å². The van der Waals surface area contributed by atoms with Crippen molar-refractivity contribution in [3.63, 3.8) is 0 Å². The van der Waals surface area contributed by atoms with Crippen LogP contribution in [0.4, 0.5) is 5.69 Å². The van der Waals surface area contributed by atoms with Crippen LogP contribution in [-0.2, 0) is 0 Å². The molecule has 0 amide bonds. The van der Waals surface area contributed by atoms with E-state index in [0.29, 0.717) is 6.54 Å². The third-order valence-corrected chi connectivity index (χ3v) is 3.80. The van der Waals surface area contributed by atoms with Crippen LogP contribution < -0.4 is 10.1 Å². The fourth-order valence-electron chi connectivity index (χ4n) is 2.29. The molecule has 1 fully saturated rings. The number of methoxy groups -OCH3 is 1. The molecule has 1 saturated carbocycles. The van der Waals surface area contributed by atoms with Crippen LogP contribution in [0.1, 0.15) is 25.7 Å². The SMILES string of the molecule is COc1ccc(Br)cc1NCC1(O)CCCC1. The molecule has 0 atom stereocenters. The predicted octanol–water partition coefficient (Wildman–Crippen LogP) is 3.17. The average molecular weight is 300 g/mol. The van der Waals surface area contributed by atoms with Gasteiger partial charge < -0.3 is 15.2 Å². The second kappa shape index (κ2) is 5.27. The molecule has 0 aromatic heterocycles. The van der Waals surface area contributed by atoms with Crippen LogP contribution in [0.2, 0.25) is 0 Å². The lowest BCUT2D eigenvalue weighted by Crippen LogP contribution is -2.33. The first-order valence-corrected chi connectivity index (χ1v) is 6.72. The highest BCUT2D eigenvalue weighted by Crippen LogP contribution is 2.32. The molecule has 0 radical (unpaired) electrons. The van der Waals surface area contributed by atoms with Gasteiger partial charge in [0.2, 0.25) is 0 Å². The molecule has 0 spiro atoms. The Bertz CT molecular complexity index is 389. The third kappa shape index (κ3) is 3.13. The van der Waals surface area contributed by atoms with Crippen molar-refractivity contribution < 1.29 is 9.84 Å². The van der Waals surface area contributed by atoms with Crippen LogP contribution >= 0.6 is 15.9 Å². The summed E-state index contributed by atoms with van der Waals surface area (Å²) in [6, 6.07) is 5.82. The number of halogens is 1. The van der Waals surface area contributed by atoms with Gasteiger partial charge in [-0.25, -0.2) is 0 Å². The Morgan fingerprint density at radius 1 is 1.41 bits per heavy atom. The standard InChI is InChI=1S/C13H18BrNO2/c1-17-12-5-4-10(14)8-11(12)15-9-13(16)6-2-3-7-13/h4-5,8,15-16H,2-3,6-7,9H2,1H3. The molecule has 0 bridgehead atoms. The lowest BCUT2D eigenvalue weighted by Gasteiger charge is -2.23. The first-order chi connectivity index (χ1) is 8.13. The highest BCUT2D eigenvalue weighted by atomic mass is 79.9. The molecule has 94 valence electrons. The third-order valence-electron chi connectivity index (χ3n) is 3.30. The maximum atomic E-state index is 10.3. The summed E-state index contributed by atoms with van der Waals surface area (Å²) in [5.41, 5.74) is 0.370. The molecule has 17 heavy (non-hydrogen) atoms. The largest absolute Gasteiger partial charge is 0.495 e. The monoisotopic (exact) mass is 299 g/mol. The van der Waals surface area contributed by atoms with Crippen molar-refractivity contribution in [1.29, 1.82) is 0 Å². The molecule has 0 heterocycles. The van der Waals surface area contributed by atoms with E-state index < -0.39 is 5.60 Å². The number of hydrogen-bond acceptors (Lipinski definition) is 3. The summed E-state index contributed by atoms with van der Waals surface area (Å²) in [5.74, 6) is 0.801. The highest BCUT2D eigenvalue weighted by Gasteiger charge is 2.30. The fourth-order valence-corrected chi connectivity index (χ4v) is 2.65. The van der Waals surface area contributed by atoms with Crippen molar-refractivity contribution >= 4 is 21.6 Å². The molecule has 1 aliphatic carbocycles. The lowest BCUT2D eigenvalue weighted by atomic mass is 10.0. The van der Waals surface area contributed by atoms with E-state index in [1.807, 2.05) is 18.2 Å². The normalized spacial score (nSPS) is 18.1. The summed E-state index contributed by atoms with van der Waals surface area (Å²) in [5, 5.41) is 13.6. The lowest BCUT2D eigenvalue weighted by molar-refractivity contribution is 0.0614. The minimum absolute atomic E-state index is 0.548. The zero-order chi connectivity index (χ0) is 12.3. The molecule has 1 aromatic rings. The van der Waals surface area contributed by atoms with Gasteiger partial charge in [-0.3, -0.25) is 0 Å². The Kier molecular flexibility index (Phi) is 3.94. The van der Waals surface area contributed by atoms with Gasteiger partial charge in [-0.15, -0.1) is 0 Å². The number of benzene rings is 1. The van der Waals surface area contributed by atoms with Crippen molar-refractivity contribution in [3.05, 3.63) is 22.7 Å². The number of rotatable bonds is 4. The van der Waals surface area contributed by atoms with Gasteiger partial charge in [-0.2, -0.15) is 0 Å². The van der Waals surface area contributed by atoms with Gasteiger partial charge in [0.1, 0.15) is 5.75 Å². The Morgan fingerprint density at radius 2 is 2.12 bits per heavy atom. The quantitative estimate of drug-likeness (QED) is 0.897. The predicted molar refractivity (Wildman–Crippen MR) is 72.6 cm³/mol. The first-order valence-electron chi connectivity index (χ1n) is 5.93. The van der Waals surface area contributed by atoms with Crippen molar-refractivity contribution in [2.75, 3.05) is 19.0 Å². The smallest absolute Gasteiger partial charge is 0.142 e. The number of anilines is 1. The van der Waals surface area contributed by atoms with Gasteiger partial charge in [0.05, 0.1) is 18.4 Å². The Labute approximate surface area is 110 Å². The summed E-state index contributed by atoms with van der Waals surface area (Å²) in [6.07, 6.45) is 4.01. The number of aliphatic hydroxyl groups is 1. The van der Waals surface area contributed by atoms with E-state index in [-0.39, 0.29) is 0 Å². The summed E-state index contributed by atoms with van der Waals surface area (Å²) in [4.78, 5) is 0. The number of nitrogens with one attached hydrogen (secondary N) is 1. The van der Waals surface area contributed by atoms with E-state index in [1.165, 1.54) is 0 Å². The summed E-state index contributed by atoms with van der Waals surface area (Å²) >= 11 is 3.43. The molecular weight excluding hydrogens is 282 g/mol. The van der Waals surface area contributed by atoms with Crippen LogP contribution in [0.3, 0.4) is 0 Å². The zero-order valence-electron chi connectivity index (χ0n) is 10.0. The molecule has 2 rings (SSSR count). The Morgan fingerprint density at radius 3 is 2.76 bits per heavy atom. The minimum Gasteiger partial charge on any atom is -0.495 e. The number of ether oxygens (including phenoxy) is 1. The van der Waals surface area contributed by atoms with Crippen LogP contribution in [0, 0.1) is 0 Å². The second-order valence-electron chi connectivity index (χ2n) is 4.63. The van der Waals surface area contributed by atoms with Gasteiger partial charge in [0.25, 0.3) is 0 Å². The zero-order valence-corrected chi connectivity index (χ0v) is 11.6. The Balaban J connectivity index is 2.05. The summed E-state index contributed by atoms with van der Waals surface area (Å²) in [7, 11) is 1.65. The van der Waals surface area contributed by atoms with Crippen LogP contribution in [-0.4, -0.2) is 24.4 Å². The van der Waals surface area contributed by atoms with E-state index in [1.54, 1.807) is 7.11 Å². The van der Waals surface area contributed by atoms with Crippen molar-refractivity contribution in [1.82, 2.24) is 0 Å². The second-order valence-corrected chi connectivity index (χ2v) is 5.55. The van der Waals surface area contributed by atoms with Gasteiger partial charge in [-0.05, 0) is 31.0 Å². The minimum atomic E-state index is -0.548. The van der Waals surface area contributed by atoms with E-state index >= 15 is 0 Å². The molecule has 2 N–H and O–H groups in total. The topological polar surface area (TPSA) is 41.5 Å². The van der Waals surface area contributed by atoms with Gasteiger partial charge in [0, 0.05) is 11.0 Å². The maximum Gasteiger partial charge on any atom is 0.142 e. The van der Waals surface area contributed by atoms with Gasteiger partial charge in [-0.1, -0.05) is 28.8 Å². The van der Waals surface area contributed by atoms with Gasteiger partial charge >= 0.3 is 0 Å².